The number of carbonyl (C=O) groups excluding carboxylic acids is 1. The van der Waals surface area contributed by atoms with Crippen LogP contribution >= 0.6 is 11.3 Å². The Morgan fingerprint density at radius 3 is 2.68 bits per heavy atom. The molecule has 5 heterocycles. The first kappa shape index (κ1) is 24.7. The number of rotatable bonds is 4. The fourth-order valence-corrected chi connectivity index (χ4v) is 5.96. The number of hydrogen-bond acceptors (Lipinski definition) is 8. The molecular weight excluding hydrogens is 506 g/mol. The summed E-state index contributed by atoms with van der Waals surface area (Å²) in [6.07, 6.45) is 0.224. The quantitative estimate of drug-likeness (QED) is 0.412. The van der Waals surface area contributed by atoms with E-state index in [0.717, 1.165) is 28.2 Å². The number of likely N-dealkylation sites (tertiary alicyclic amines) is 1. The predicted octanol–water partition coefficient (Wildman–Crippen LogP) is 3.25. The van der Waals surface area contributed by atoms with Crippen LogP contribution in [-0.2, 0) is 13.7 Å². The molecule has 1 amide bonds. The van der Waals surface area contributed by atoms with Crippen molar-refractivity contribution in [3.8, 4) is 39.7 Å². The highest BCUT2D eigenvalue weighted by Gasteiger charge is 2.44. The molecule has 11 heteroatoms. The average molecular weight is 536 g/mol. The van der Waals surface area contributed by atoms with Gasteiger partial charge in [-0.15, -0.1) is 0 Å². The second kappa shape index (κ2) is 8.97. The molecule has 0 saturated carbocycles. The standard InChI is InChI=1S/C27H29N5O5S/c1-27(2)11-20(33)21(34)12-31(27)26(35)24-18-13-37-23-10-22(36-4)16(19-5-7-30(3)28-19)9-17(23)25(18)32(29-24)15-6-8-38-14-15/h5-10,14,20-21,33-34H,11-13H2,1-4H3/t20-,21+/m1/s1. The van der Waals surface area contributed by atoms with E-state index in [0.29, 0.717) is 17.1 Å². The van der Waals surface area contributed by atoms with E-state index in [4.69, 9.17) is 14.6 Å². The molecule has 0 spiro atoms. The van der Waals surface area contributed by atoms with Gasteiger partial charge in [0.05, 0.1) is 42.9 Å². The first-order valence-corrected chi connectivity index (χ1v) is 13.3. The van der Waals surface area contributed by atoms with Crippen LogP contribution in [0.5, 0.6) is 11.5 Å². The third kappa shape index (κ3) is 3.89. The fourth-order valence-electron chi connectivity index (χ4n) is 5.34. The molecule has 1 fully saturated rings. The first-order valence-electron chi connectivity index (χ1n) is 12.4. The van der Waals surface area contributed by atoms with Crippen LogP contribution in [-0.4, -0.2) is 72.0 Å². The van der Waals surface area contributed by atoms with Crippen LogP contribution in [0, 0.1) is 0 Å². The summed E-state index contributed by atoms with van der Waals surface area (Å²) in [5, 5.41) is 33.9. The third-order valence-corrected chi connectivity index (χ3v) is 8.02. The van der Waals surface area contributed by atoms with Gasteiger partial charge in [-0.3, -0.25) is 9.48 Å². The molecule has 1 saturated heterocycles. The number of carbonyl (C=O) groups is 1. The van der Waals surface area contributed by atoms with Crippen LogP contribution in [0.25, 0.3) is 28.2 Å². The SMILES string of the molecule is COc1cc2c(cc1-c1ccn(C)n1)-c1c(c(C(=O)N3C[C@H](O)[C@H](O)CC3(C)C)nn1-c1ccsc1)CO2. The second-order valence-corrected chi connectivity index (χ2v) is 11.1. The monoisotopic (exact) mass is 535 g/mol. The minimum absolute atomic E-state index is 0.0194. The fraction of sp³-hybridized carbons (Fsp3) is 0.370. The molecule has 0 unspecified atom stereocenters. The Morgan fingerprint density at radius 1 is 1.18 bits per heavy atom. The molecule has 2 N–H and O–H groups in total. The molecule has 6 rings (SSSR count). The minimum atomic E-state index is -1.02. The Balaban J connectivity index is 1.53. The lowest BCUT2D eigenvalue weighted by Gasteiger charge is -2.46. The van der Waals surface area contributed by atoms with Crippen LogP contribution in [0.4, 0.5) is 0 Å². The number of β-amino-alcohol motifs (C(OH)–C–C–N with tert-alkyl or cyclic N) is 1. The lowest BCUT2D eigenvalue weighted by Crippen LogP contribution is -2.59. The number of nitrogens with zero attached hydrogens (tertiary/aromatic N) is 5. The van der Waals surface area contributed by atoms with Crippen LogP contribution in [0.3, 0.4) is 0 Å². The van der Waals surface area contributed by atoms with Gasteiger partial charge in [0.1, 0.15) is 18.1 Å². The van der Waals surface area contributed by atoms with Crippen molar-refractivity contribution in [1.29, 1.82) is 0 Å². The van der Waals surface area contributed by atoms with Gasteiger partial charge in [-0.1, -0.05) is 0 Å². The highest BCUT2D eigenvalue weighted by atomic mass is 32.1. The molecule has 2 atom stereocenters. The smallest absolute Gasteiger partial charge is 0.275 e. The lowest BCUT2D eigenvalue weighted by atomic mass is 9.86. The summed E-state index contributed by atoms with van der Waals surface area (Å²) < 4.78 is 15.4. The number of thiophene rings is 1. The maximum atomic E-state index is 14.0. The summed E-state index contributed by atoms with van der Waals surface area (Å²) >= 11 is 1.54. The van der Waals surface area contributed by atoms with Crippen molar-refractivity contribution in [1.82, 2.24) is 24.5 Å². The van der Waals surface area contributed by atoms with Gasteiger partial charge in [-0.2, -0.15) is 21.5 Å². The van der Waals surface area contributed by atoms with Crippen molar-refractivity contribution < 1.29 is 24.5 Å². The summed E-state index contributed by atoms with van der Waals surface area (Å²) in [6, 6.07) is 7.69. The first-order chi connectivity index (χ1) is 18.2. The Labute approximate surface area is 223 Å². The van der Waals surface area contributed by atoms with Gasteiger partial charge in [0.15, 0.2) is 5.69 Å². The Morgan fingerprint density at radius 2 is 2.00 bits per heavy atom. The van der Waals surface area contributed by atoms with E-state index in [-0.39, 0.29) is 31.2 Å². The largest absolute Gasteiger partial charge is 0.496 e. The van der Waals surface area contributed by atoms with Gasteiger partial charge in [0.25, 0.3) is 5.91 Å². The molecule has 2 aliphatic rings. The number of methoxy groups -OCH3 is 1. The number of aromatic nitrogens is 4. The van der Waals surface area contributed by atoms with Gasteiger partial charge in [-0.05, 0) is 43.8 Å². The summed E-state index contributed by atoms with van der Waals surface area (Å²) in [5.41, 5.74) is 4.19. The van der Waals surface area contributed by atoms with Gasteiger partial charge in [0.2, 0.25) is 0 Å². The van der Waals surface area contributed by atoms with E-state index < -0.39 is 17.7 Å². The van der Waals surface area contributed by atoms with Crippen LogP contribution in [0.1, 0.15) is 36.3 Å². The van der Waals surface area contributed by atoms with E-state index in [2.05, 4.69) is 5.10 Å². The van der Waals surface area contributed by atoms with Crippen LogP contribution in [0.15, 0.2) is 41.2 Å². The highest BCUT2D eigenvalue weighted by Crippen LogP contribution is 2.46. The summed E-state index contributed by atoms with van der Waals surface area (Å²) in [4.78, 5) is 15.6. The van der Waals surface area contributed by atoms with Gasteiger partial charge in [-0.25, -0.2) is 4.68 Å². The van der Waals surface area contributed by atoms with Crippen LogP contribution in [0.2, 0.25) is 0 Å². The molecular formula is C27H29N5O5S. The van der Waals surface area contributed by atoms with E-state index in [9.17, 15) is 15.0 Å². The number of fused-ring (bicyclic) bond motifs is 3. The zero-order valence-electron chi connectivity index (χ0n) is 21.6. The molecule has 2 aliphatic heterocycles. The van der Waals surface area contributed by atoms with E-state index in [1.165, 1.54) is 0 Å². The third-order valence-electron chi connectivity index (χ3n) is 7.35. The zero-order valence-corrected chi connectivity index (χ0v) is 22.4. The summed E-state index contributed by atoms with van der Waals surface area (Å²) in [7, 11) is 3.47. The normalized spacial score (nSPS) is 20.0. The number of aryl methyl sites for hydroxylation is 1. The van der Waals surface area contributed by atoms with Gasteiger partial charge >= 0.3 is 0 Å². The lowest BCUT2D eigenvalue weighted by molar-refractivity contribution is -0.0742. The average Bonchev–Trinajstić information content (AvgIpc) is 3.64. The van der Waals surface area contributed by atoms with Gasteiger partial charge in [0, 0.05) is 46.9 Å². The highest BCUT2D eigenvalue weighted by molar-refractivity contribution is 7.08. The number of hydrogen-bond donors (Lipinski definition) is 2. The summed E-state index contributed by atoms with van der Waals surface area (Å²) in [5.74, 6) is 0.948. The van der Waals surface area contributed by atoms with E-state index in [1.807, 2.05) is 62.1 Å². The molecule has 0 radical (unpaired) electrons. The number of aliphatic hydroxyl groups excluding tert-OH is 2. The maximum Gasteiger partial charge on any atom is 0.275 e. The number of benzene rings is 1. The Hall–Kier alpha value is -3.67. The molecule has 0 bridgehead atoms. The van der Waals surface area contributed by atoms with Crippen molar-refractivity contribution in [3.63, 3.8) is 0 Å². The topological polar surface area (TPSA) is 115 Å². The molecule has 3 aromatic heterocycles. The van der Waals surface area contributed by atoms with Crippen molar-refractivity contribution in [2.45, 2.75) is 44.6 Å². The van der Waals surface area contributed by atoms with Crippen molar-refractivity contribution in [2.75, 3.05) is 13.7 Å². The molecule has 1 aromatic carbocycles. The van der Waals surface area contributed by atoms with E-state index >= 15 is 0 Å². The molecule has 0 aliphatic carbocycles. The molecule has 38 heavy (non-hydrogen) atoms. The number of ether oxygens (including phenoxy) is 2. The number of amides is 1. The molecule has 198 valence electrons. The minimum Gasteiger partial charge on any atom is -0.496 e. The number of piperidine rings is 1. The molecule has 4 aromatic rings. The van der Waals surface area contributed by atoms with Crippen molar-refractivity contribution in [3.05, 3.63) is 52.5 Å². The number of aliphatic hydroxyl groups is 2. The van der Waals surface area contributed by atoms with Crippen LogP contribution < -0.4 is 9.47 Å². The maximum absolute atomic E-state index is 14.0. The Kier molecular flexibility index (Phi) is 5.82. The summed E-state index contributed by atoms with van der Waals surface area (Å²) in [6.45, 7) is 3.95. The Bertz CT molecular complexity index is 1520. The zero-order chi connectivity index (χ0) is 26.8. The molecule has 10 nitrogen and oxygen atoms in total. The van der Waals surface area contributed by atoms with E-state index in [1.54, 1.807) is 32.7 Å². The van der Waals surface area contributed by atoms with Crippen molar-refractivity contribution >= 4 is 17.2 Å². The second-order valence-electron chi connectivity index (χ2n) is 10.3. The van der Waals surface area contributed by atoms with Crippen molar-refractivity contribution in [2.24, 2.45) is 7.05 Å². The van der Waals surface area contributed by atoms with Gasteiger partial charge < -0.3 is 24.6 Å². The predicted molar refractivity (Wildman–Crippen MR) is 142 cm³/mol.